The minimum atomic E-state index is -1.07. The van der Waals surface area contributed by atoms with E-state index in [0.29, 0.717) is 11.4 Å². The molecule has 1 unspecified atom stereocenters. The molecule has 0 spiro atoms. The summed E-state index contributed by atoms with van der Waals surface area (Å²) in [6.45, 7) is -0.526. The summed E-state index contributed by atoms with van der Waals surface area (Å²) in [7, 11) is 1.54. The van der Waals surface area contributed by atoms with E-state index < -0.39 is 24.5 Å². The Bertz CT molecular complexity index is 625. The van der Waals surface area contributed by atoms with Crippen LogP contribution in [0.5, 0.6) is 5.75 Å². The Morgan fingerprint density at radius 2 is 2.09 bits per heavy atom. The normalized spacial score (nSPS) is 11.5. The molecule has 22 heavy (non-hydrogen) atoms. The predicted octanol–water partition coefficient (Wildman–Crippen LogP) is 0.148. The first-order valence-corrected chi connectivity index (χ1v) is 6.49. The summed E-state index contributed by atoms with van der Waals surface area (Å²) in [6, 6.07) is 5.61. The van der Waals surface area contributed by atoms with Crippen molar-refractivity contribution in [1.29, 1.82) is 0 Å². The number of rotatable bonds is 6. The number of benzene rings is 1. The molecule has 0 radical (unpaired) electrons. The van der Waals surface area contributed by atoms with Crippen molar-refractivity contribution in [2.24, 2.45) is 0 Å². The van der Waals surface area contributed by atoms with Gasteiger partial charge in [-0.2, -0.15) is 0 Å². The molecular weight excluding hydrogens is 288 g/mol. The van der Waals surface area contributed by atoms with Crippen LogP contribution in [-0.4, -0.2) is 46.6 Å². The molecule has 0 bridgehead atoms. The minimum Gasteiger partial charge on any atom is -0.497 e. The van der Waals surface area contributed by atoms with Crippen molar-refractivity contribution in [1.82, 2.24) is 15.3 Å². The number of ether oxygens (including phenoxy) is 1. The molecular formula is C14H16N4O4. The maximum absolute atomic E-state index is 12.1. The Hall–Kier alpha value is -2.87. The first-order chi connectivity index (χ1) is 10.6. The lowest BCUT2D eigenvalue weighted by atomic mass is 10.2. The van der Waals surface area contributed by atoms with Gasteiger partial charge in [0.05, 0.1) is 26.2 Å². The number of carbonyl (C=O) groups excluding carboxylic acids is 2. The first-order valence-electron chi connectivity index (χ1n) is 6.49. The average Bonchev–Trinajstić information content (AvgIpc) is 3.07. The fraction of sp³-hybridized carbons (Fsp3) is 0.214. The van der Waals surface area contributed by atoms with Crippen LogP contribution in [0, 0.1) is 0 Å². The van der Waals surface area contributed by atoms with Gasteiger partial charge in [-0.05, 0) is 24.3 Å². The number of hydrogen-bond acceptors (Lipinski definition) is 5. The number of aliphatic hydroxyl groups is 1. The van der Waals surface area contributed by atoms with E-state index >= 15 is 0 Å². The number of hydrogen-bond donors (Lipinski definition) is 4. The summed E-state index contributed by atoms with van der Waals surface area (Å²) in [4.78, 5) is 30.2. The predicted molar refractivity (Wildman–Crippen MR) is 78.6 cm³/mol. The third-order valence-electron chi connectivity index (χ3n) is 2.90. The lowest BCUT2D eigenvalue weighted by Crippen LogP contribution is -2.46. The lowest BCUT2D eigenvalue weighted by molar-refractivity contribution is -0.118. The summed E-state index contributed by atoms with van der Waals surface area (Å²) in [5.74, 6) is -0.397. The van der Waals surface area contributed by atoms with E-state index in [1.807, 2.05) is 0 Å². The molecule has 0 aliphatic rings. The third kappa shape index (κ3) is 3.83. The van der Waals surface area contributed by atoms with Crippen molar-refractivity contribution >= 4 is 17.5 Å². The van der Waals surface area contributed by atoms with Gasteiger partial charge in [0, 0.05) is 5.69 Å². The van der Waals surface area contributed by atoms with Gasteiger partial charge >= 0.3 is 0 Å². The Morgan fingerprint density at radius 1 is 1.36 bits per heavy atom. The van der Waals surface area contributed by atoms with E-state index in [0.717, 1.165) is 0 Å². The van der Waals surface area contributed by atoms with E-state index in [4.69, 9.17) is 4.74 Å². The molecule has 8 heteroatoms. The van der Waals surface area contributed by atoms with Gasteiger partial charge in [0.25, 0.3) is 5.91 Å². The molecule has 1 heterocycles. The summed E-state index contributed by atoms with van der Waals surface area (Å²) < 4.78 is 5.02. The van der Waals surface area contributed by atoms with Crippen LogP contribution in [0.1, 0.15) is 10.5 Å². The van der Waals surface area contributed by atoms with Gasteiger partial charge in [0.15, 0.2) is 0 Å². The molecule has 0 fully saturated rings. The van der Waals surface area contributed by atoms with Gasteiger partial charge in [-0.15, -0.1) is 0 Å². The van der Waals surface area contributed by atoms with Crippen molar-refractivity contribution in [3.63, 3.8) is 0 Å². The number of nitrogens with zero attached hydrogens (tertiary/aromatic N) is 1. The van der Waals surface area contributed by atoms with Crippen LogP contribution < -0.4 is 15.4 Å². The summed E-state index contributed by atoms with van der Waals surface area (Å²) in [6.07, 6.45) is 2.67. The van der Waals surface area contributed by atoms with Crippen molar-refractivity contribution in [3.05, 3.63) is 42.5 Å². The standard InChI is InChI=1S/C14H16N4O4/c1-22-10-4-2-9(3-5-10)17-14(21)12(7-19)18-13(20)11-6-15-8-16-11/h2-6,8,12,19H,7H2,1H3,(H,15,16)(H,17,21)(H,18,20). The van der Waals surface area contributed by atoms with Crippen LogP contribution in [0.15, 0.2) is 36.8 Å². The van der Waals surface area contributed by atoms with Crippen LogP contribution in [0.3, 0.4) is 0 Å². The van der Waals surface area contributed by atoms with Gasteiger partial charge in [-0.1, -0.05) is 0 Å². The average molecular weight is 304 g/mol. The second kappa shape index (κ2) is 7.23. The molecule has 1 aromatic heterocycles. The highest BCUT2D eigenvalue weighted by Gasteiger charge is 2.21. The van der Waals surface area contributed by atoms with Crippen molar-refractivity contribution < 1.29 is 19.4 Å². The van der Waals surface area contributed by atoms with Gasteiger partial charge < -0.3 is 25.5 Å². The zero-order valence-electron chi connectivity index (χ0n) is 11.9. The number of aromatic amines is 1. The quantitative estimate of drug-likeness (QED) is 0.606. The van der Waals surface area contributed by atoms with Crippen LogP contribution in [0.2, 0.25) is 0 Å². The number of anilines is 1. The van der Waals surface area contributed by atoms with E-state index in [-0.39, 0.29) is 5.69 Å². The highest BCUT2D eigenvalue weighted by atomic mass is 16.5. The Labute approximate surface area is 126 Å². The molecule has 0 aliphatic heterocycles. The molecule has 0 saturated carbocycles. The topological polar surface area (TPSA) is 116 Å². The van der Waals surface area contributed by atoms with Gasteiger partial charge in [-0.25, -0.2) is 4.98 Å². The second-order valence-corrected chi connectivity index (χ2v) is 4.39. The van der Waals surface area contributed by atoms with Crippen LogP contribution in [0.25, 0.3) is 0 Å². The maximum Gasteiger partial charge on any atom is 0.270 e. The van der Waals surface area contributed by atoms with Crippen LogP contribution in [0.4, 0.5) is 5.69 Å². The number of amides is 2. The number of nitrogens with one attached hydrogen (secondary N) is 3. The zero-order chi connectivity index (χ0) is 15.9. The highest BCUT2D eigenvalue weighted by molar-refractivity contribution is 6.00. The molecule has 116 valence electrons. The molecule has 1 aromatic carbocycles. The molecule has 2 rings (SSSR count). The molecule has 0 saturated heterocycles. The molecule has 4 N–H and O–H groups in total. The van der Waals surface area contributed by atoms with Crippen LogP contribution >= 0.6 is 0 Å². The number of H-pyrrole nitrogens is 1. The fourth-order valence-electron chi connectivity index (χ4n) is 1.71. The molecule has 1 atom stereocenters. The van der Waals surface area contributed by atoms with Crippen LogP contribution in [-0.2, 0) is 4.79 Å². The SMILES string of the molecule is COc1ccc(NC(=O)C(CO)NC(=O)c2cnc[nH]2)cc1. The lowest BCUT2D eigenvalue weighted by Gasteiger charge is -2.15. The van der Waals surface area contributed by atoms with Gasteiger partial charge in [0.1, 0.15) is 17.5 Å². The fourth-order valence-corrected chi connectivity index (χ4v) is 1.71. The van der Waals surface area contributed by atoms with Crippen molar-refractivity contribution in [2.45, 2.75) is 6.04 Å². The van der Waals surface area contributed by atoms with E-state index in [2.05, 4.69) is 20.6 Å². The number of methoxy groups -OCH3 is 1. The van der Waals surface area contributed by atoms with Crippen molar-refractivity contribution in [3.8, 4) is 5.75 Å². The molecule has 0 aliphatic carbocycles. The van der Waals surface area contributed by atoms with Gasteiger partial charge in [-0.3, -0.25) is 9.59 Å². The summed E-state index contributed by atoms with van der Waals surface area (Å²) in [5, 5.41) is 14.3. The number of aromatic nitrogens is 2. The number of carbonyl (C=O) groups is 2. The maximum atomic E-state index is 12.1. The largest absolute Gasteiger partial charge is 0.497 e. The Balaban J connectivity index is 1.97. The Morgan fingerprint density at radius 3 is 2.64 bits per heavy atom. The molecule has 8 nitrogen and oxygen atoms in total. The van der Waals surface area contributed by atoms with Gasteiger partial charge in [0.2, 0.25) is 5.91 Å². The smallest absolute Gasteiger partial charge is 0.270 e. The Kier molecular flexibility index (Phi) is 5.10. The third-order valence-corrected chi connectivity index (χ3v) is 2.90. The second-order valence-electron chi connectivity index (χ2n) is 4.39. The number of imidazole rings is 1. The zero-order valence-corrected chi connectivity index (χ0v) is 11.9. The number of aliphatic hydroxyl groups excluding tert-OH is 1. The summed E-state index contributed by atoms with van der Waals surface area (Å²) >= 11 is 0. The van der Waals surface area contributed by atoms with E-state index in [1.165, 1.54) is 12.5 Å². The first kappa shape index (κ1) is 15.5. The monoisotopic (exact) mass is 304 g/mol. The molecule has 2 amide bonds. The van der Waals surface area contributed by atoms with E-state index in [1.54, 1.807) is 31.4 Å². The molecule has 2 aromatic rings. The summed E-state index contributed by atoms with van der Waals surface area (Å²) in [5.41, 5.74) is 0.732. The highest BCUT2D eigenvalue weighted by Crippen LogP contribution is 2.15. The van der Waals surface area contributed by atoms with E-state index in [9.17, 15) is 14.7 Å². The van der Waals surface area contributed by atoms with Crippen molar-refractivity contribution in [2.75, 3.05) is 19.0 Å². The minimum absolute atomic E-state index is 0.204.